The molecule has 2 atom stereocenters. The molecule has 0 spiro atoms. The van der Waals surface area contributed by atoms with Crippen molar-refractivity contribution < 1.29 is 9.90 Å². The van der Waals surface area contributed by atoms with Gasteiger partial charge in [-0.05, 0) is 43.7 Å². The number of rotatable bonds is 4. The van der Waals surface area contributed by atoms with E-state index in [2.05, 4.69) is 27.5 Å². The highest BCUT2D eigenvalue weighted by molar-refractivity contribution is 9.10. The Morgan fingerprint density at radius 1 is 1.47 bits per heavy atom. The van der Waals surface area contributed by atoms with Gasteiger partial charge in [0.25, 0.3) is 0 Å². The summed E-state index contributed by atoms with van der Waals surface area (Å²) in [6.45, 7) is 0. The molecule has 2 rings (SSSR count). The maximum Gasteiger partial charge on any atom is 0.337 e. The maximum absolute atomic E-state index is 11.2. The summed E-state index contributed by atoms with van der Waals surface area (Å²) in [4.78, 5) is 11.2. The molecular formula is C14H18BrNO2S. The fourth-order valence-corrected chi connectivity index (χ4v) is 3.72. The average molecular weight is 344 g/mol. The minimum absolute atomic E-state index is 0.342. The maximum atomic E-state index is 11.2. The van der Waals surface area contributed by atoms with Crippen molar-refractivity contribution in [1.82, 2.24) is 0 Å². The van der Waals surface area contributed by atoms with E-state index in [4.69, 9.17) is 0 Å². The van der Waals surface area contributed by atoms with Crippen LogP contribution in [0.15, 0.2) is 22.7 Å². The Balaban J connectivity index is 2.13. The van der Waals surface area contributed by atoms with Gasteiger partial charge in [-0.25, -0.2) is 4.79 Å². The molecule has 5 heteroatoms. The quantitative estimate of drug-likeness (QED) is 0.858. The van der Waals surface area contributed by atoms with Crippen LogP contribution in [0.5, 0.6) is 0 Å². The van der Waals surface area contributed by atoms with Gasteiger partial charge in [-0.2, -0.15) is 11.8 Å². The van der Waals surface area contributed by atoms with Gasteiger partial charge in [0.2, 0.25) is 0 Å². The van der Waals surface area contributed by atoms with Crippen molar-refractivity contribution in [2.75, 3.05) is 11.6 Å². The van der Waals surface area contributed by atoms with Crippen LogP contribution in [0.1, 0.15) is 36.0 Å². The third kappa shape index (κ3) is 3.89. The molecule has 104 valence electrons. The van der Waals surface area contributed by atoms with Crippen molar-refractivity contribution in [2.24, 2.45) is 0 Å². The Hall–Kier alpha value is -0.680. The number of anilines is 1. The number of benzene rings is 1. The molecular weight excluding hydrogens is 326 g/mol. The molecule has 3 nitrogen and oxygen atoms in total. The van der Waals surface area contributed by atoms with Crippen LogP contribution < -0.4 is 5.32 Å². The number of thioether (sulfide) groups is 1. The van der Waals surface area contributed by atoms with E-state index in [0.29, 0.717) is 22.5 Å². The van der Waals surface area contributed by atoms with Crippen LogP contribution in [0.25, 0.3) is 0 Å². The van der Waals surface area contributed by atoms with Gasteiger partial charge < -0.3 is 10.4 Å². The standard InChI is InChI=1S/C14H18BrNO2S/c1-19-11-4-2-3-10(8-11)16-13-7-9(15)5-6-12(13)14(17)18/h5-7,10-11,16H,2-4,8H2,1H3,(H,17,18). The van der Waals surface area contributed by atoms with Crippen molar-refractivity contribution in [2.45, 2.75) is 37.0 Å². The van der Waals surface area contributed by atoms with Crippen LogP contribution in [-0.2, 0) is 0 Å². The molecule has 0 radical (unpaired) electrons. The highest BCUT2D eigenvalue weighted by Gasteiger charge is 2.22. The van der Waals surface area contributed by atoms with Crippen molar-refractivity contribution >= 4 is 39.3 Å². The summed E-state index contributed by atoms with van der Waals surface area (Å²) in [5, 5.41) is 13.3. The molecule has 1 aromatic carbocycles. The number of aromatic carboxylic acids is 1. The summed E-state index contributed by atoms with van der Waals surface area (Å²) >= 11 is 5.31. The normalized spacial score (nSPS) is 23.1. The first kappa shape index (κ1) is 14.7. The topological polar surface area (TPSA) is 49.3 Å². The SMILES string of the molecule is CSC1CCCC(Nc2cc(Br)ccc2C(=O)O)C1. The molecule has 1 saturated carbocycles. The summed E-state index contributed by atoms with van der Waals surface area (Å²) in [5.41, 5.74) is 1.06. The molecule has 0 amide bonds. The molecule has 1 aromatic rings. The monoisotopic (exact) mass is 343 g/mol. The molecule has 2 unspecified atom stereocenters. The zero-order chi connectivity index (χ0) is 13.8. The van der Waals surface area contributed by atoms with Gasteiger partial charge in [0.15, 0.2) is 0 Å². The molecule has 19 heavy (non-hydrogen) atoms. The van der Waals surface area contributed by atoms with E-state index < -0.39 is 5.97 Å². The van der Waals surface area contributed by atoms with Gasteiger partial charge in [0.1, 0.15) is 0 Å². The fourth-order valence-electron chi connectivity index (χ4n) is 2.53. The van der Waals surface area contributed by atoms with Crippen molar-refractivity contribution in [3.8, 4) is 0 Å². The van der Waals surface area contributed by atoms with Crippen LogP contribution in [0, 0.1) is 0 Å². The lowest BCUT2D eigenvalue weighted by Gasteiger charge is -2.29. The third-order valence-electron chi connectivity index (χ3n) is 3.53. The van der Waals surface area contributed by atoms with Gasteiger partial charge in [-0.3, -0.25) is 0 Å². The highest BCUT2D eigenvalue weighted by atomic mass is 79.9. The number of halogens is 1. The largest absolute Gasteiger partial charge is 0.478 e. The third-order valence-corrected chi connectivity index (χ3v) is 5.12. The van der Waals surface area contributed by atoms with Crippen molar-refractivity contribution in [3.63, 3.8) is 0 Å². The van der Waals surface area contributed by atoms with Crippen molar-refractivity contribution in [1.29, 1.82) is 0 Å². The summed E-state index contributed by atoms with van der Waals surface area (Å²) in [6.07, 6.45) is 6.84. The van der Waals surface area contributed by atoms with E-state index in [9.17, 15) is 9.90 Å². The first-order valence-electron chi connectivity index (χ1n) is 6.42. The summed E-state index contributed by atoms with van der Waals surface area (Å²) in [7, 11) is 0. The number of carboxylic acids is 1. The minimum atomic E-state index is -0.882. The van der Waals surface area contributed by atoms with E-state index in [-0.39, 0.29) is 0 Å². The molecule has 0 aliphatic heterocycles. The predicted molar refractivity (Wildman–Crippen MR) is 84.3 cm³/mol. The smallest absolute Gasteiger partial charge is 0.337 e. The second-order valence-electron chi connectivity index (χ2n) is 4.86. The zero-order valence-electron chi connectivity index (χ0n) is 10.9. The van der Waals surface area contributed by atoms with Crippen LogP contribution in [0.3, 0.4) is 0 Å². The summed E-state index contributed by atoms with van der Waals surface area (Å²) in [5.74, 6) is -0.882. The van der Waals surface area contributed by atoms with Crippen molar-refractivity contribution in [3.05, 3.63) is 28.2 Å². The van der Waals surface area contributed by atoms with E-state index in [0.717, 1.165) is 17.3 Å². The Labute approximate surface area is 126 Å². The van der Waals surface area contributed by atoms with Gasteiger partial charge in [0.05, 0.1) is 11.3 Å². The lowest BCUT2D eigenvalue weighted by molar-refractivity contribution is 0.0698. The molecule has 1 aliphatic carbocycles. The Bertz CT molecular complexity index is 467. The van der Waals surface area contributed by atoms with Crippen LogP contribution in [-0.4, -0.2) is 28.6 Å². The number of nitrogens with one attached hydrogen (secondary N) is 1. The lowest BCUT2D eigenvalue weighted by atomic mass is 9.94. The summed E-state index contributed by atoms with van der Waals surface area (Å²) in [6, 6.07) is 5.63. The number of hydrogen-bond acceptors (Lipinski definition) is 3. The fraction of sp³-hybridized carbons (Fsp3) is 0.500. The zero-order valence-corrected chi connectivity index (χ0v) is 13.3. The molecule has 1 aliphatic rings. The second kappa shape index (κ2) is 6.66. The average Bonchev–Trinajstić information content (AvgIpc) is 2.38. The van der Waals surface area contributed by atoms with Crippen LogP contribution in [0.4, 0.5) is 5.69 Å². The first-order chi connectivity index (χ1) is 9.10. The summed E-state index contributed by atoms with van der Waals surface area (Å²) < 4.78 is 0.900. The molecule has 0 saturated heterocycles. The van der Waals surface area contributed by atoms with E-state index in [1.54, 1.807) is 12.1 Å². The highest BCUT2D eigenvalue weighted by Crippen LogP contribution is 2.30. The molecule has 1 fully saturated rings. The minimum Gasteiger partial charge on any atom is -0.478 e. The van der Waals surface area contributed by atoms with Crippen LogP contribution in [0.2, 0.25) is 0 Å². The first-order valence-corrected chi connectivity index (χ1v) is 8.50. The molecule has 2 N–H and O–H groups in total. The molecule has 0 bridgehead atoms. The molecule has 0 heterocycles. The Kier molecular flexibility index (Phi) is 5.16. The van der Waals surface area contributed by atoms with Gasteiger partial charge in [-0.15, -0.1) is 0 Å². The number of carboxylic acid groups (broad SMARTS) is 1. The lowest BCUT2D eigenvalue weighted by Crippen LogP contribution is -2.29. The second-order valence-corrected chi connectivity index (χ2v) is 6.91. The van der Waals surface area contributed by atoms with Crippen LogP contribution >= 0.6 is 27.7 Å². The number of carbonyl (C=O) groups is 1. The van der Waals surface area contributed by atoms with E-state index >= 15 is 0 Å². The Morgan fingerprint density at radius 3 is 2.95 bits per heavy atom. The predicted octanol–water partition coefficient (Wildman–Crippen LogP) is 4.23. The number of hydrogen-bond donors (Lipinski definition) is 2. The molecule has 0 aromatic heterocycles. The van der Waals surface area contributed by atoms with Gasteiger partial charge >= 0.3 is 5.97 Å². The Morgan fingerprint density at radius 2 is 2.26 bits per heavy atom. The van der Waals surface area contributed by atoms with Gasteiger partial charge in [-0.1, -0.05) is 22.4 Å². The van der Waals surface area contributed by atoms with E-state index in [1.165, 1.54) is 12.8 Å². The van der Waals surface area contributed by atoms with E-state index in [1.807, 2.05) is 17.8 Å². The van der Waals surface area contributed by atoms with Gasteiger partial charge in [0, 0.05) is 15.8 Å².